The van der Waals surface area contributed by atoms with Crippen LogP contribution in [0.25, 0.3) is 0 Å². The third kappa shape index (κ3) is 2.31. The van der Waals surface area contributed by atoms with Crippen LogP contribution in [0.3, 0.4) is 0 Å². The minimum Gasteiger partial charge on any atom is -0.265 e. The number of amides is 3. The lowest BCUT2D eigenvalue weighted by atomic mass is 10.1. The Kier molecular flexibility index (Phi) is 3.48. The summed E-state index contributed by atoms with van der Waals surface area (Å²) in [6, 6.07) is 2.96. The predicted molar refractivity (Wildman–Crippen MR) is 79.1 cm³/mol. The summed E-state index contributed by atoms with van der Waals surface area (Å²) in [5.41, 5.74) is 0.429. The van der Waals surface area contributed by atoms with E-state index in [1.165, 1.54) is 6.92 Å². The van der Waals surface area contributed by atoms with Gasteiger partial charge >= 0.3 is 17.6 Å². The predicted octanol–water partition coefficient (Wildman–Crippen LogP) is 1.66. The average Bonchev–Trinajstić information content (AvgIpc) is 3.35. The van der Waals surface area contributed by atoms with Crippen LogP contribution in [0.1, 0.15) is 25.3 Å². The maximum Gasteiger partial charge on any atom is 0.431 e. The lowest BCUT2D eigenvalue weighted by Crippen LogP contribution is -2.62. The van der Waals surface area contributed by atoms with Crippen LogP contribution in [0.15, 0.2) is 35.9 Å². The first-order valence-electron chi connectivity index (χ1n) is 7.34. The van der Waals surface area contributed by atoms with Gasteiger partial charge in [-0.25, -0.2) is 14.2 Å². The van der Waals surface area contributed by atoms with Gasteiger partial charge in [-0.2, -0.15) is 0 Å². The number of rotatable bonds is 4. The summed E-state index contributed by atoms with van der Waals surface area (Å²) in [5, 5.41) is 11.4. The van der Waals surface area contributed by atoms with Crippen molar-refractivity contribution in [2.45, 2.75) is 32.4 Å². The van der Waals surface area contributed by atoms with Crippen LogP contribution in [-0.2, 0) is 11.3 Å². The highest BCUT2D eigenvalue weighted by atomic mass is 16.6. The first-order valence-corrected chi connectivity index (χ1v) is 7.34. The fourth-order valence-electron chi connectivity index (χ4n) is 3.03. The van der Waals surface area contributed by atoms with E-state index < -0.39 is 22.6 Å². The van der Waals surface area contributed by atoms with Gasteiger partial charge < -0.3 is 0 Å². The number of quaternary nitrogens is 1. The molecule has 1 atom stereocenters. The molecular weight excluding hydrogens is 300 g/mol. The Morgan fingerprint density at radius 2 is 1.96 bits per heavy atom. The average molecular weight is 317 g/mol. The molecular formula is C15H17N4O4+. The Morgan fingerprint density at radius 1 is 1.35 bits per heavy atom. The zero-order valence-electron chi connectivity index (χ0n) is 12.9. The van der Waals surface area contributed by atoms with Crippen molar-refractivity contribution in [1.82, 2.24) is 9.88 Å². The third-order valence-electron chi connectivity index (χ3n) is 4.67. The zero-order chi connectivity index (χ0) is 16.8. The van der Waals surface area contributed by atoms with Crippen molar-refractivity contribution in [3.63, 3.8) is 0 Å². The summed E-state index contributed by atoms with van der Waals surface area (Å²) < 4.78 is -0.187. The molecule has 1 fully saturated rings. The van der Waals surface area contributed by atoms with Gasteiger partial charge in [0.2, 0.25) is 0 Å². The van der Waals surface area contributed by atoms with Crippen LogP contribution in [0, 0.1) is 10.1 Å². The number of carbonyl (C=O) groups is 2. The van der Waals surface area contributed by atoms with Gasteiger partial charge in [0.25, 0.3) is 0 Å². The molecule has 8 nitrogen and oxygen atoms in total. The summed E-state index contributed by atoms with van der Waals surface area (Å²) in [7, 11) is 1.66. The highest BCUT2D eigenvalue weighted by Crippen LogP contribution is 2.41. The third-order valence-corrected chi connectivity index (χ3v) is 4.67. The lowest BCUT2D eigenvalue weighted by Gasteiger charge is -2.37. The van der Waals surface area contributed by atoms with Crippen molar-refractivity contribution >= 4 is 11.9 Å². The Morgan fingerprint density at radius 3 is 2.48 bits per heavy atom. The molecule has 2 aliphatic rings. The van der Waals surface area contributed by atoms with Crippen LogP contribution >= 0.6 is 0 Å². The van der Waals surface area contributed by atoms with Crippen LogP contribution in [-0.4, -0.2) is 44.3 Å². The van der Waals surface area contributed by atoms with Gasteiger partial charge in [0, 0.05) is 32.2 Å². The topological polar surface area (TPSA) is 93.4 Å². The molecule has 1 unspecified atom stereocenters. The van der Waals surface area contributed by atoms with E-state index in [2.05, 4.69) is 4.98 Å². The minimum absolute atomic E-state index is 0.00508. The fourth-order valence-corrected chi connectivity index (χ4v) is 3.03. The number of nitro groups is 1. The molecule has 0 saturated heterocycles. The summed E-state index contributed by atoms with van der Waals surface area (Å²) in [5.74, 6) is -0.842. The normalized spacial score (nSPS) is 25.0. The largest absolute Gasteiger partial charge is 0.431 e. The van der Waals surface area contributed by atoms with Gasteiger partial charge in [-0.15, -0.1) is 0 Å². The van der Waals surface area contributed by atoms with E-state index in [9.17, 15) is 19.7 Å². The van der Waals surface area contributed by atoms with Crippen molar-refractivity contribution in [2.75, 3.05) is 7.05 Å². The van der Waals surface area contributed by atoms with E-state index in [4.69, 9.17) is 0 Å². The number of urea groups is 1. The summed E-state index contributed by atoms with van der Waals surface area (Å²) in [6.45, 7) is 1.52. The molecule has 8 heteroatoms. The van der Waals surface area contributed by atoms with E-state index >= 15 is 0 Å². The monoisotopic (exact) mass is 317 g/mol. The fraction of sp³-hybridized carbons (Fsp3) is 0.400. The molecule has 1 aromatic heterocycles. The number of imide groups is 1. The summed E-state index contributed by atoms with van der Waals surface area (Å²) in [6.07, 6.45) is 4.75. The quantitative estimate of drug-likeness (QED) is 0.478. The molecule has 0 spiro atoms. The standard InChI is InChI=1S/C15H17N4O4/c1-10-13(18(22)23)14(20)17(9-11-5-7-16-8-6-11)15(21)19(10,2)12-3-4-12/h5-8,12H,3-4,9H2,1-2H3/q+1. The molecule has 3 amide bonds. The molecule has 0 bridgehead atoms. The van der Waals surface area contributed by atoms with Crippen molar-refractivity contribution < 1.29 is 19.0 Å². The Labute approximate surface area is 132 Å². The minimum atomic E-state index is -0.842. The molecule has 1 aliphatic carbocycles. The van der Waals surface area contributed by atoms with Crippen molar-refractivity contribution in [1.29, 1.82) is 0 Å². The molecule has 3 rings (SSSR count). The second-order valence-electron chi connectivity index (χ2n) is 6.03. The van der Waals surface area contributed by atoms with E-state index in [0.717, 1.165) is 17.7 Å². The van der Waals surface area contributed by atoms with Crippen LogP contribution in [0.2, 0.25) is 0 Å². The number of hydrogen-bond acceptors (Lipinski definition) is 5. The molecule has 2 heterocycles. The van der Waals surface area contributed by atoms with Crippen molar-refractivity contribution in [3.8, 4) is 0 Å². The Hall–Kier alpha value is -2.61. The van der Waals surface area contributed by atoms with Crippen LogP contribution < -0.4 is 0 Å². The summed E-state index contributed by atoms with van der Waals surface area (Å²) in [4.78, 5) is 41.0. The van der Waals surface area contributed by atoms with Crippen molar-refractivity contribution in [3.05, 3.63) is 51.6 Å². The molecule has 0 aromatic carbocycles. The maximum atomic E-state index is 12.9. The smallest absolute Gasteiger partial charge is 0.265 e. The van der Waals surface area contributed by atoms with Crippen molar-refractivity contribution in [2.24, 2.45) is 0 Å². The maximum absolute atomic E-state index is 12.9. The van der Waals surface area contributed by atoms with Crippen LogP contribution in [0.5, 0.6) is 0 Å². The molecule has 1 saturated carbocycles. The van der Waals surface area contributed by atoms with Gasteiger partial charge in [-0.3, -0.25) is 19.9 Å². The number of hydrogen-bond donors (Lipinski definition) is 0. The Bertz CT molecular complexity index is 726. The van der Waals surface area contributed by atoms with Crippen LogP contribution in [0.4, 0.5) is 4.79 Å². The zero-order valence-corrected chi connectivity index (χ0v) is 12.9. The molecule has 23 heavy (non-hydrogen) atoms. The molecule has 1 aromatic rings. The molecule has 1 aliphatic heterocycles. The molecule has 0 radical (unpaired) electrons. The number of aromatic nitrogens is 1. The van der Waals surface area contributed by atoms with Gasteiger partial charge in [-0.1, -0.05) is 0 Å². The first-order chi connectivity index (χ1) is 10.9. The summed E-state index contributed by atoms with van der Waals surface area (Å²) >= 11 is 0. The molecule has 0 N–H and O–H groups in total. The highest BCUT2D eigenvalue weighted by molar-refractivity contribution is 6.03. The number of carbonyl (C=O) groups excluding carboxylic acids is 2. The van der Waals surface area contributed by atoms with E-state index in [1.807, 2.05) is 0 Å². The molecule has 120 valence electrons. The SMILES string of the molecule is CC1=C([N+](=O)[O-])C(=O)N(Cc2ccncc2)C(=O)[N+]1(C)C1CC1. The van der Waals surface area contributed by atoms with Gasteiger partial charge in [0.1, 0.15) is 6.04 Å². The van der Waals surface area contributed by atoms with Gasteiger partial charge in [0.05, 0.1) is 18.5 Å². The van der Waals surface area contributed by atoms with E-state index in [1.54, 1.807) is 31.6 Å². The number of nitrogens with zero attached hydrogens (tertiary/aromatic N) is 4. The highest BCUT2D eigenvalue weighted by Gasteiger charge is 2.60. The van der Waals surface area contributed by atoms with E-state index in [0.29, 0.717) is 5.56 Å². The van der Waals surface area contributed by atoms with Gasteiger partial charge in [-0.05, 0) is 17.7 Å². The second kappa shape index (κ2) is 5.24. The number of pyridine rings is 1. The lowest BCUT2D eigenvalue weighted by molar-refractivity contribution is -0.810. The van der Waals surface area contributed by atoms with E-state index in [-0.39, 0.29) is 22.8 Å². The second-order valence-corrected chi connectivity index (χ2v) is 6.03. The Balaban J connectivity index is 2.06. The first kappa shape index (κ1) is 15.3. The number of allylic oxidation sites excluding steroid dienone is 1. The van der Waals surface area contributed by atoms with Gasteiger partial charge in [0.15, 0.2) is 5.70 Å².